The van der Waals surface area contributed by atoms with E-state index in [-0.39, 0.29) is 23.5 Å². The molecule has 0 spiro atoms. The molecule has 0 atom stereocenters. The molecule has 3 N–H and O–H groups in total. The van der Waals surface area contributed by atoms with Crippen LogP contribution >= 0.6 is 12.2 Å². The molecule has 0 aliphatic heterocycles. The summed E-state index contributed by atoms with van der Waals surface area (Å²) >= 11 is 5.06. The van der Waals surface area contributed by atoms with Crippen LogP contribution in [0.4, 0.5) is 0 Å². The Morgan fingerprint density at radius 2 is 1.88 bits per heavy atom. The van der Waals surface area contributed by atoms with Crippen LogP contribution in [0.3, 0.4) is 0 Å². The first-order valence-electron chi connectivity index (χ1n) is 6.09. The predicted molar refractivity (Wildman–Crippen MR) is 73.7 cm³/mol. The summed E-state index contributed by atoms with van der Waals surface area (Å²) < 4.78 is 0. The molecule has 5 heteroatoms. The second-order valence-electron chi connectivity index (χ2n) is 4.47. The Kier molecular flexibility index (Phi) is 6.64. The molecule has 0 bridgehead atoms. The smallest absolute Gasteiger partial charge is 0.235 e. The molecule has 0 aliphatic rings. The lowest BCUT2D eigenvalue weighted by Gasteiger charge is -2.37. The number of hydrogen-bond acceptors (Lipinski definition) is 3. The van der Waals surface area contributed by atoms with E-state index in [4.69, 9.17) is 23.1 Å². The molecule has 0 saturated carbocycles. The van der Waals surface area contributed by atoms with E-state index in [1.807, 2.05) is 27.7 Å². The fourth-order valence-electron chi connectivity index (χ4n) is 1.98. The van der Waals surface area contributed by atoms with Crippen molar-refractivity contribution in [1.82, 2.24) is 4.90 Å². The van der Waals surface area contributed by atoms with Gasteiger partial charge in [-0.15, -0.1) is 0 Å². The van der Waals surface area contributed by atoms with Crippen LogP contribution in [0, 0.1) is 5.41 Å². The number of nitrogens with two attached hydrogens (primary N) is 1. The molecule has 0 heterocycles. The van der Waals surface area contributed by atoms with E-state index >= 15 is 0 Å². The van der Waals surface area contributed by atoms with Crippen LogP contribution in [0.5, 0.6) is 0 Å². The number of carbonyl (C=O) groups excluding carboxylic acids is 1. The highest BCUT2D eigenvalue weighted by molar-refractivity contribution is 7.80. The maximum absolute atomic E-state index is 12.5. The number of carbonyl (C=O) groups is 1. The third kappa shape index (κ3) is 3.39. The van der Waals surface area contributed by atoms with Gasteiger partial charge >= 0.3 is 0 Å². The largest absolute Gasteiger partial charge is 0.395 e. The van der Waals surface area contributed by atoms with Gasteiger partial charge in [-0.25, -0.2) is 0 Å². The third-order valence-electron chi connectivity index (χ3n) is 3.31. The van der Waals surface area contributed by atoms with E-state index in [9.17, 15) is 4.79 Å². The van der Waals surface area contributed by atoms with Crippen LogP contribution in [-0.4, -0.2) is 40.1 Å². The van der Waals surface area contributed by atoms with Crippen molar-refractivity contribution in [3.63, 3.8) is 0 Å². The van der Waals surface area contributed by atoms with Crippen molar-refractivity contribution in [1.29, 1.82) is 0 Å². The Balaban J connectivity index is 5.24. The van der Waals surface area contributed by atoms with Crippen LogP contribution in [0.25, 0.3) is 0 Å². The Morgan fingerprint density at radius 1 is 1.41 bits per heavy atom. The highest BCUT2D eigenvalue weighted by Crippen LogP contribution is 2.30. The van der Waals surface area contributed by atoms with E-state index in [1.165, 1.54) is 0 Å². The minimum absolute atomic E-state index is 0.0291. The molecule has 100 valence electrons. The first-order chi connectivity index (χ1) is 7.87. The quantitative estimate of drug-likeness (QED) is 0.677. The molecule has 0 fully saturated rings. The summed E-state index contributed by atoms with van der Waals surface area (Å²) in [5, 5.41) is 9.03. The Bertz CT molecular complexity index is 276. The fourth-order valence-corrected chi connectivity index (χ4v) is 2.36. The van der Waals surface area contributed by atoms with Crippen molar-refractivity contribution < 1.29 is 9.90 Å². The van der Waals surface area contributed by atoms with Crippen molar-refractivity contribution >= 4 is 23.1 Å². The second kappa shape index (κ2) is 6.91. The van der Waals surface area contributed by atoms with Gasteiger partial charge in [0.25, 0.3) is 0 Å². The monoisotopic (exact) mass is 260 g/mol. The first-order valence-corrected chi connectivity index (χ1v) is 6.50. The minimum atomic E-state index is -0.769. The predicted octanol–water partition coefficient (Wildman–Crippen LogP) is 1.31. The van der Waals surface area contributed by atoms with Gasteiger partial charge < -0.3 is 15.7 Å². The molecule has 0 aliphatic carbocycles. The number of thiocarbonyl (C=S) groups is 1. The molecule has 0 aromatic rings. The third-order valence-corrected chi connectivity index (χ3v) is 3.70. The molecular formula is C12H24N2O2S. The number of nitrogens with zero attached hydrogens (tertiary/aromatic N) is 1. The molecular weight excluding hydrogens is 236 g/mol. The van der Waals surface area contributed by atoms with E-state index in [2.05, 4.69) is 0 Å². The van der Waals surface area contributed by atoms with Crippen LogP contribution < -0.4 is 5.73 Å². The SMILES string of the molecule is CCC(CC)(C(=O)N(CCO)C(C)C)C(N)=S. The minimum Gasteiger partial charge on any atom is -0.395 e. The summed E-state index contributed by atoms with van der Waals surface area (Å²) in [5.74, 6) is -0.0703. The topological polar surface area (TPSA) is 66.6 Å². The summed E-state index contributed by atoms with van der Waals surface area (Å²) in [6.07, 6.45) is 1.18. The highest BCUT2D eigenvalue weighted by Gasteiger charge is 2.41. The van der Waals surface area contributed by atoms with Crippen molar-refractivity contribution in [3.8, 4) is 0 Å². The van der Waals surface area contributed by atoms with Crippen LogP contribution in [0.1, 0.15) is 40.5 Å². The van der Waals surface area contributed by atoms with Crippen molar-refractivity contribution in [2.24, 2.45) is 11.1 Å². The molecule has 4 nitrogen and oxygen atoms in total. The van der Waals surface area contributed by atoms with Gasteiger partial charge in [0.1, 0.15) is 0 Å². The van der Waals surface area contributed by atoms with Gasteiger partial charge in [0, 0.05) is 12.6 Å². The highest BCUT2D eigenvalue weighted by atomic mass is 32.1. The summed E-state index contributed by atoms with van der Waals surface area (Å²) in [6, 6.07) is 0.0291. The van der Waals surface area contributed by atoms with E-state index in [0.29, 0.717) is 19.4 Å². The zero-order valence-corrected chi connectivity index (χ0v) is 12.0. The molecule has 0 saturated heterocycles. The number of rotatable bonds is 7. The Labute approximate surface area is 109 Å². The van der Waals surface area contributed by atoms with Crippen LogP contribution in [0.15, 0.2) is 0 Å². The molecule has 1 amide bonds. The summed E-state index contributed by atoms with van der Waals surface area (Å²) in [4.78, 5) is 14.4. The van der Waals surface area contributed by atoms with Gasteiger partial charge in [0.05, 0.1) is 17.0 Å². The molecule has 0 rings (SSSR count). The van der Waals surface area contributed by atoms with Gasteiger partial charge in [-0.1, -0.05) is 26.1 Å². The van der Waals surface area contributed by atoms with Gasteiger partial charge in [0.2, 0.25) is 5.91 Å². The van der Waals surface area contributed by atoms with Gasteiger partial charge in [-0.2, -0.15) is 0 Å². The maximum Gasteiger partial charge on any atom is 0.235 e. The van der Waals surface area contributed by atoms with E-state index in [0.717, 1.165) is 0 Å². The average molecular weight is 260 g/mol. The zero-order chi connectivity index (χ0) is 13.6. The summed E-state index contributed by atoms with van der Waals surface area (Å²) in [6.45, 7) is 7.94. The number of aliphatic hydroxyl groups excluding tert-OH is 1. The molecule has 0 aromatic carbocycles. The van der Waals surface area contributed by atoms with E-state index in [1.54, 1.807) is 4.90 Å². The van der Waals surface area contributed by atoms with Gasteiger partial charge in [-0.3, -0.25) is 4.79 Å². The van der Waals surface area contributed by atoms with Crippen molar-refractivity contribution in [2.45, 2.75) is 46.6 Å². The second-order valence-corrected chi connectivity index (χ2v) is 4.91. The van der Waals surface area contributed by atoms with Gasteiger partial charge in [-0.05, 0) is 26.7 Å². The maximum atomic E-state index is 12.5. The molecule has 0 unspecified atom stereocenters. The van der Waals surface area contributed by atoms with Crippen LogP contribution in [0.2, 0.25) is 0 Å². The normalized spacial score (nSPS) is 11.6. The molecule has 0 aromatic heterocycles. The van der Waals surface area contributed by atoms with Crippen LogP contribution in [-0.2, 0) is 4.79 Å². The number of aliphatic hydroxyl groups is 1. The van der Waals surface area contributed by atoms with Gasteiger partial charge in [0.15, 0.2) is 0 Å². The Hall–Kier alpha value is -0.680. The number of amides is 1. The molecule has 0 radical (unpaired) electrons. The lowest BCUT2D eigenvalue weighted by molar-refractivity contribution is -0.141. The van der Waals surface area contributed by atoms with Crippen molar-refractivity contribution in [2.75, 3.05) is 13.2 Å². The van der Waals surface area contributed by atoms with Crippen molar-refractivity contribution in [3.05, 3.63) is 0 Å². The summed E-state index contributed by atoms with van der Waals surface area (Å²) in [7, 11) is 0. The Morgan fingerprint density at radius 3 is 2.12 bits per heavy atom. The number of hydrogen-bond donors (Lipinski definition) is 2. The molecule has 17 heavy (non-hydrogen) atoms. The lowest BCUT2D eigenvalue weighted by Crippen LogP contribution is -2.52. The zero-order valence-electron chi connectivity index (χ0n) is 11.2. The summed E-state index contributed by atoms with van der Waals surface area (Å²) in [5.41, 5.74) is 4.98. The first kappa shape index (κ1) is 16.3. The lowest BCUT2D eigenvalue weighted by atomic mass is 9.80. The fraction of sp³-hybridized carbons (Fsp3) is 0.833. The standard InChI is InChI=1S/C12H24N2O2S/c1-5-12(6-2,10(13)17)11(16)14(7-8-15)9(3)4/h9,15H,5-8H2,1-4H3,(H2,13,17). The average Bonchev–Trinajstić information content (AvgIpc) is 2.27. The van der Waals surface area contributed by atoms with E-state index < -0.39 is 5.41 Å².